The minimum Gasteiger partial charge on any atom is -0.384 e. The lowest BCUT2D eigenvalue weighted by atomic mass is 10.3. The van der Waals surface area contributed by atoms with Crippen molar-refractivity contribution in [3.63, 3.8) is 0 Å². The molecule has 1 aromatic carbocycles. The Morgan fingerprint density at radius 1 is 1.39 bits per heavy atom. The normalized spacial score (nSPS) is 11.6. The molecule has 0 aliphatic heterocycles. The van der Waals surface area contributed by atoms with Crippen molar-refractivity contribution in [2.75, 3.05) is 5.73 Å². The summed E-state index contributed by atoms with van der Waals surface area (Å²) >= 11 is 0. The summed E-state index contributed by atoms with van der Waals surface area (Å²) in [6, 6.07) is 5.14. The molecule has 1 aromatic heterocycles. The van der Waals surface area contributed by atoms with Crippen LogP contribution in [0.1, 0.15) is 5.56 Å². The van der Waals surface area contributed by atoms with Crippen LogP contribution < -0.4 is 10.5 Å². The van der Waals surface area contributed by atoms with Gasteiger partial charge in [0.15, 0.2) is 0 Å². The van der Waals surface area contributed by atoms with Gasteiger partial charge in [-0.25, -0.2) is 17.5 Å². The summed E-state index contributed by atoms with van der Waals surface area (Å²) in [6.45, 7) is -0.0565. The predicted molar refractivity (Wildman–Crippen MR) is 63.4 cm³/mol. The first kappa shape index (κ1) is 12.5. The summed E-state index contributed by atoms with van der Waals surface area (Å²) < 4.78 is 39.3. The molecule has 0 radical (unpaired) electrons. The molecule has 0 aliphatic carbocycles. The maximum Gasteiger partial charge on any atom is 0.243 e. The lowest BCUT2D eigenvalue weighted by Gasteiger charge is -2.06. The van der Waals surface area contributed by atoms with Crippen LogP contribution in [0.3, 0.4) is 0 Å². The number of hydrogen-bond acceptors (Lipinski definition) is 4. The van der Waals surface area contributed by atoms with E-state index in [0.29, 0.717) is 5.56 Å². The molecule has 0 spiro atoms. The van der Waals surface area contributed by atoms with Gasteiger partial charge in [0, 0.05) is 12.1 Å². The number of nitrogens with zero attached hydrogens (tertiary/aromatic N) is 1. The van der Waals surface area contributed by atoms with Crippen LogP contribution in [0.2, 0.25) is 0 Å². The number of nitrogens with one attached hydrogen (secondary N) is 2. The van der Waals surface area contributed by atoms with E-state index < -0.39 is 20.7 Å². The molecule has 18 heavy (non-hydrogen) atoms. The largest absolute Gasteiger partial charge is 0.384 e. The zero-order valence-electron chi connectivity index (χ0n) is 9.22. The van der Waals surface area contributed by atoms with Gasteiger partial charge in [0.05, 0.1) is 6.20 Å². The van der Waals surface area contributed by atoms with Crippen LogP contribution in [0.5, 0.6) is 0 Å². The Balaban J connectivity index is 2.19. The summed E-state index contributed by atoms with van der Waals surface area (Å²) in [5.74, 6) is -0.531. The number of anilines is 1. The van der Waals surface area contributed by atoms with Gasteiger partial charge in [0.2, 0.25) is 10.0 Å². The second-order valence-corrected chi connectivity index (χ2v) is 5.30. The van der Waals surface area contributed by atoms with Gasteiger partial charge in [-0.05, 0) is 12.1 Å². The minimum absolute atomic E-state index is 0.0565. The molecule has 0 aliphatic rings. The summed E-state index contributed by atoms with van der Waals surface area (Å²) in [5.41, 5.74) is 6.01. The van der Waals surface area contributed by atoms with Gasteiger partial charge in [0.1, 0.15) is 16.5 Å². The molecular formula is C10H11FN4O2S. The lowest BCUT2D eigenvalue weighted by molar-refractivity contribution is 0.557. The third-order valence-corrected chi connectivity index (χ3v) is 3.76. The molecule has 0 amide bonds. The van der Waals surface area contributed by atoms with Gasteiger partial charge in [-0.15, -0.1) is 0 Å². The fourth-order valence-electron chi connectivity index (χ4n) is 1.38. The van der Waals surface area contributed by atoms with E-state index >= 15 is 0 Å². The number of sulfonamides is 1. The predicted octanol–water partition coefficient (Wildman–Crippen LogP) is 0.609. The van der Waals surface area contributed by atoms with E-state index in [1.54, 1.807) is 0 Å². The van der Waals surface area contributed by atoms with Crippen LogP contribution in [0.15, 0.2) is 35.4 Å². The fourth-order valence-corrected chi connectivity index (χ4v) is 2.46. The highest BCUT2D eigenvalue weighted by molar-refractivity contribution is 7.89. The molecule has 2 aromatic rings. The maximum atomic E-state index is 13.4. The van der Waals surface area contributed by atoms with Gasteiger partial charge in [-0.2, -0.15) is 5.10 Å². The molecule has 2 rings (SSSR count). The number of nitrogens with two attached hydrogens (primary N) is 1. The molecule has 0 saturated carbocycles. The standard InChI is InChI=1S/C10H11FN4O2S/c11-8-3-1-2-4-9(8)18(16,17)14-6-7-5-13-15-10(7)12/h1-5,14H,6H2,(H3,12,13,15). The minimum atomic E-state index is -3.91. The van der Waals surface area contributed by atoms with E-state index in [1.165, 1.54) is 24.4 Å². The van der Waals surface area contributed by atoms with Crippen molar-refractivity contribution in [3.8, 4) is 0 Å². The molecule has 0 bridgehead atoms. The van der Waals surface area contributed by atoms with E-state index in [1.807, 2.05) is 0 Å². The molecular weight excluding hydrogens is 259 g/mol. The third kappa shape index (κ3) is 2.49. The smallest absolute Gasteiger partial charge is 0.243 e. The van der Waals surface area contributed by atoms with Crippen molar-refractivity contribution in [2.24, 2.45) is 0 Å². The molecule has 96 valence electrons. The summed E-state index contributed by atoms with van der Waals surface area (Å²) in [6.07, 6.45) is 1.40. The van der Waals surface area contributed by atoms with Gasteiger partial charge in [-0.3, -0.25) is 5.10 Å². The summed E-state index contributed by atoms with van der Waals surface area (Å²) in [5, 5.41) is 6.13. The molecule has 0 unspecified atom stereocenters. The zero-order valence-corrected chi connectivity index (χ0v) is 10.0. The Morgan fingerprint density at radius 2 is 2.11 bits per heavy atom. The fraction of sp³-hybridized carbons (Fsp3) is 0.100. The number of aromatic amines is 1. The molecule has 4 N–H and O–H groups in total. The van der Waals surface area contributed by atoms with Crippen molar-refractivity contribution in [1.29, 1.82) is 0 Å². The second kappa shape index (κ2) is 4.75. The summed E-state index contributed by atoms with van der Waals surface area (Å²) in [4.78, 5) is -0.396. The van der Waals surface area contributed by atoms with Crippen molar-refractivity contribution in [1.82, 2.24) is 14.9 Å². The van der Waals surface area contributed by atoms with E-state index in [-0.39, 0.29) is 12.4 Å². The molecule has 0 fully saturated rings. The highest BCUT2D eigenvalue weighted by Crippen LogP contribution is 2.14. The van der Waals surface area contributed by atoms with Crippen molar-refractivity contribution < 1.29 is 12.8 Å². The Kier molecular flexibility index (Phi) is 3.30. The average Bonchev–Trinajstić information content (AvgIpc) is 2.73. The van der Waals surface area contributed by atoms with Gasteiger partial charge < -0.3 is 5.73 Å². The van der Waals surface area contributed by atoms with E-state index in [0.717, 1.165) is 6.07 Å². The van der Waals surface area contributed by atoms with E-state index in [4.69, 9.17) is 5.73 Å². The van der Waals surface area contributed by atoms with Crippen LogP contribution in [0.4, 0.5) is 10.2 Å². The number of aromatic nitrogens is 2. The van der Waals surface area contributed by atoms with Crippen molar-refractivity contribution in [2.45, 2.75) is 11.4 Å². The van der Waals surface area contributed by atoms with Gasteiger partial charge in [0.25, 0.3) is 0 Å². The number of hydrogen-bond donors (Lipinski definition) is 3. The van der Waals surface area contributed by atoms with Gasteiger partial charge >= 0.3 is 0 Å². The number of benzene rings is 1. The molecule has 6 nitrogen and oxygen atoms in total. The monoisotopic (exact) mass is 270 g/mol. The van der Waals surface area contributed by atoms with Crippen LogP contribution in [0.25, 0.3) is 0 Å². The Hall–Kier alpha value is -1.93. The zero-order chi connectivity index (χ0) is 13.2. The lowest BCUT2D eigenvalue weighted by Crippen LogP contribution is -2.24. The molecule has 1 heterocycles. The van der Waals surface area contributed by atoms with Crippen LogP contribution in [0, 0.1) is 5.82 Å². The topological polar surface area (TPSA) is 101 Å². The Bertz CT molecular complexity index is 653. The first-order chi connectivity index (χ1) is 8.50. The highest BCUT2D eigenvalue weighted by atomic mass is 32.2. The quantitative estimate of drug-likeness (QED) is 0.757. The summed E-state index contributed by atoms with van der Waals surface area (Å²) in [7, 11) is -3.91. The molecule has 8 heteroatoms. The van der Waals surface area contributed by atoms with Crippen molar-refractivity contribution >= 4 is 15.8 Å². The second-order valence-electron chi connectivity index (χ2n) is 3.56. The van der Waals surface area contributed by atoms with E-state index in [9.17, 15) is 12.8 Å². The first-order valence-electron chi connectivity index (χ1n) is 5.02. The average molecular weight is 270 g/mol. The highest BCUT2D eigenvalue weighted by Gasteiger charge is 2.18. The number of nitrogen functional groups attached to an aromatic ring is 1. The van der Waals surface area contributed by atoms with Crippen LogP contribution in [-0.2, 0) is 16.6 Å². The SMILES string of the molecule is Nc1[nH]ncc1CNS(=O)(=O)c1ccccc1F. The van der Waals surface area contributed by atoms with Crippen LogP contribution in [-0.4, -0.2) is 18.6 Å². The van der Waals surface area contributed by atoms with Crippen LogP contribution >= 0.6 is 0 Å². The van der Waals surface area contributed by atoms with Gasteiger partial charge in [-0.1, -0.05) is 12.1 Å². The number of H-pyrrole nitrogens is 1. The third-order valence-electron chi connectivity index (χ3n) is 2.33. The van der Waals surface area contributed by atoms with E-state index in [2.05, 4.69) is 14.9 Å². The maximum absolute atomic E-state index is 13.4. The number of rotatable bonds is 4. The molecule has 0 atom stereocenters. The Labute approximate surface area is 103 Å². The number of halogens is 1. The Morgan fingerprint density at radius 3 is 2.72 bits per heavy atom. The first-order valence-corrected chi connectivity index (χ1v) is 6.51. The van der Waals surface area contributed by atoms with Crippen molar-refractivity contribution in [3.05, 3.63) is 41.8 Å². The molecule has 0 saturated heterocycles.